The van der Waals surface area contributed by atoms with Crippen molar-refractivity contribution in [3.63, 3.8) is 0 Å². The number of nitrogens with zero attached hydrogens (tertiary/aromatic N) is 2. The van der Waals surface area contributed by atoms with Gasteiger partial charge in [-0.1, -0.05) is 0 Å². The van der Waals surface area contributed by atoms with Gasteiger partial charge in [-0.3, -0.25) is 5.10 Å². The summed E-state index contributed by atoms with van der Waals surface area (Å²) in [5, 5.41) is 6.72. The van der Waals surface area contributed by atoms with E-state index < -0.39 is 5.97 Å². The molecule has 0 aromatic carbocycles. The molecule has 19 heavy (non-hydrogen) atoms. The predicted molar refractivity (Wildman–Crippen MR) is 75.5 cm³/mol. The first kappa shape index (κ1) is 12.7. The van der Waals surface area contributed by atoms with Gasteiger partial charge in [-0.2, -0.15) is 11.8 Å². The zero-order valence-electron chi connectivity index (χ0n) is 10.4. The Kier molecular flexibility index (Phi) is 3.56. The van der Waals surface area contributed by atoms with E-state index in [2.05, 4.69) is 21.2 Å². The summed E-state index contributed by atoms with van der Waals surface area (Å²) in [6.45, 7) is 2.09. The molecule has 0 bridgehead atoms. The first-order valence-electron chi connectivity index (χ1n) is 6.07. The smallest absolute Gasteiger partial charge is 0.378 e. The fraction of sp³-hybridized carbons (Fsp3) is 0.417. The minimum Gasteiger partial charge on any atom is -0.460 e. The molecule has 0 spiro atoms. The number of thiophene rings is 1. The maximum absolute atomic E-state index is 11.5. The van der Waals surface area contributed by atoms with Crippen LogP contribution < -0.4 is 0 Å². The van der Waals surface area contributed by atoms with Gasteiger partial charge in [0.2, 0.25) is 0 Å². The summed E-state index contributed by atoms with van der Waals surface area (Å²) < 4.78 is 4.87. The van der Waals surface area contributed by atoms with Gasteiger partial charge in [-0.25, -0.2) is 9.78 Å². The lowest BCUT2D eigenvalue weighted by Gasteiger charge is -2.08. The highest BCUT2D eigenvalue weighted by atomic mass is 32.2. The molecule has 3 rings (SSSR count). The molecule has 1 aliphatic heterocycles. The number of aryl methyl sites for hydroxylation is 1. The van der Waals surface area contributed by atoms with Crippen LogP contribution in [0.3, 0.4) is 0 Å². The number of rotatable bonds is 3. The molecular weight excluding hydrogens is 282 g/mol. The number of aromatic amines is 1. The van der Waals surface area contributed by atoms with Crippen molar-refractivity contribution in [2.75, 3.05) is 12.4 Å². The molecule has 0 saturated heterocycles. The molecule has 0 aliphatic carbocycles. The van der Waals surface area contributed by atoms with Gasteiger partial charge in [0.05, 0.1) is 11.5 Å². The van der Waals surface area contributed by atoms with Gasteiger partial charge in [0.1, 0.15) is 0 Å². The fourth-order valence-electron chi connectivity index (χ4n) is 1.92. The van der Waals surface area contributed by atoms with E-state index >= 15 is 0 Å². The molecular formula is C12H13N3O2S2. The molecule has 5 nitrogen and oxygen atoms in total. The number of aromatic nitrogens is 3. The van der Waals surface area contributed by atoms with E-state index in [1.165, 1.54) is 16.2 Å². The molecule has 2 aromatic rings. The summed E-state index contributed by atoms with van der Waals surface area (Å²) in [7, 11) is 0. The molecule has 0 saturated carbocycles. The minimum atomic E-state index is -0.484. The predicted octanol–water partition coefficient (Wildman–Crippen LogP) is 2.50. The van der Waals surface area contributed by atoms with E-state index in [4.69, 9.17) is 4.74 Å². The number of ether oxygens (including phenoxy) is 1. The van der Waals surface area contributed by atoms with Gasteiger partial charge in [0.25, 0.3) is 5.82 Å². The van der Waals surface area contributed by atoms with Gasteiger partial charge in [0.15, 0.2) is 5.82 Å². The third kappa shape index (κ3) is 2.52. The molecule has 100 valence electrons. The van der Waals surface area contributed by atoms with E-state index in [9.17, 15) is 4.79 Å². The number of hydrogen-bond donors (Lipinski definition) is 1. The quantitative estimate of drug-likeness (QED) is 0.881. The fourth-order valence-corrected chi connectivity index (χ4v) is 4.23. The van der Waals surface area contributed by atoms with Crippen molar-refractivity contribution in [3.05, 3.63) is 22.3 Å². The van der Waals surface area contributed by atoms with Crippen LogP contribution in [0.15, 0.2) is 6.07 Å². The van der Waals surface area contributed by atoms with Crippen LogP contribution in [0, 0.1) is 0 Å². The molecule has 0 unspecified atom stereocenters. The van der Waals surface area contributed by atoms with Crippen molar-refractivity contribution in [3.8, 4) is 10.7 Å². The Hall–Kier alpha value is -1.34. The van der Waals surface area contributed by atoms with E-state index in [0.29, 0.717) is 12.4 Å². The van der Waals surface area contributed by atoms with Crippen LogP contribution in [-0.4, -0.2) is 33.5 Å². The summed E-state index contributed by atoms with van der Waals surface area (Å²) in [6.07, 6.45) is 1.11. The molecule has 1 aliphatic rings. The number of hydrogen-bond acceptors (Lipinski definition) is 6. The SMILES string of the molecule is CCOC(=O)c1n[nH]c(-c2cc3c(s2)CCSC3)n1. The van der Waals surface area contributed by atoms with Crippen LogP contribution >= 0.6 is 23.1 Å². The lowest BCUT2D eigenvalue weighted by molar-refractivity contribution is 0.0512. The van der Waals surface area contributed by atoms with Gasteiger partial charge in [0, 0.05) is 10.6 Å². The minimum absolute atomic E-state index is 0.0950. The molecule has 1 N–H and O–H groups in total. The number of esters is 1. The monoisotopic (exact) mass is 295 g/mol. The zero-order chi connectivity index (χ0) is 13.2. The molecule has 2 aromatic heterocycles. The largest absolute Gasteiger partial charge is 0.460 e. The summed E-state index contributed by atoms with van der Waals surface area (Å²) >= 11 is 3.68. The van der Waals surface area contributed by atoms with E-state index in [1.54, 1.807) is 18.3 Å². The highest BCUT2D eigenvalue weighted by Gasteiger charge is 2.18. The van der Waals surface area contributed by atoms with Crippen molar-refractivity contribution >= 4 is 29.1 Å². The Labute approximate surface area is 118 Å². The Balaban J connectivity index is 1.86. The number of carbonyl (C=O) groups excluding carboxylic acids is 1. The number of nitrogens with one attached hydrogen (secondary N) is 1. The van der Waals surface area contributed by atoms with Crippen LogP contribution in [0.1, 0.15) is 28.0 Å². The summed E-state index contributed by atoms with van der Waals surface area (Å²) in [4.78, 5) is 18.2. The average molecular weight is 295 g/mol. The van der Waals surface area contributed by atoms with Crippen molar-refractivity contribution in [1.82, 2.24) is 15.2 Å². The third-order valence-corrected chi connectivity index (χ3v) is 5.06. The number of carbonyl (C=O) groups is 1. The maximum Gasteiger partial charge on any atom is 0.378 e. The lowest BCUT2D eigenvalue weighted by Crippen LogP contribution is -2.06. The third-order valence-electron chi connectivity index (χ3n) is 2.80. The molecule has 0 atom stereocenters. The van der Waals surface area contributed by atoms with E-state index in [1.807, 2.05) is 11.8 Å². The average Bonchev–Trinajstić information content (AvgIpc) is 3.05. The highest BCUT2D eigenvalue weighted by molar-refractivity contribution is 7.98. The maximum atomic E-state index is 11.5. The number of H-pyrrole nitrogens is 1. The van der Waals surface area contributed by atoms with Crippen LogP contribution in [0.25, 0.3) is 10.7 Å². The van der Waals surface area contributed by atoms with Crippen molar-refractivity contribution in [2.45, 2.75) is 19.1 Å². The summed E-state index contributed by atoms with van der Waals surface area (Å²) in [6, 6.07) is 2.14. The molecule has 3 heterocycles. The topological polar surface area (TPSA) is 67.9 Å². The Morgan fingerprint density at radius 2 is 2.47 bits per heavy atom. The Morgan fingerprint density at radius 1 is 1.58 bits per heavy atom. The molecule has 0 amide bonds. The second kappa shape index (κ2) is 5.34. The van der Waals surface area contributed by atoms with Gasteiger partial charge in [-0.05, 0) is 30.7 Å². The van der Waals surface area contributed by atoms with Crippen LogP contribution in [-0.2, 0) is 16.9 Å². The molecule has 0 fully saturated rings. The van der Waals surface area contributed by atoms with Gasteiger partial charge in [-0.15, -0.1) is 16.4 Å². The summed E-state index contributed by atoms with van der Waals surface area (Å²) in [5.41, 5.74) is 1.38. The molecule has 7 heteroatoms. The first-order valence-corrected chi connectivity index (χ1v) is 8.04. The first-order chi connectivity index (χ1) is 9.28. The highest BCUT2D eigenvalue weighted by Crippen LogP contribution is 2.35. The van der Waals surface area contributed by atoms with Crippen LogP contribution in [0.2, 0.25) is 0 Å². The lowest BCUT2D eigenvalue weighted by atomic mass is 10.2. The van der Waals surface area contributed by atoms with E-state index in [-0.39, 0.29) is 5.82 Å². The molecule has 0 radical (unpaired) electrons. The van der Waals surface area contributed by atoms with Crippen LogP contribution in [0.5, 0.6) is 0 Å². The van der Waals surface area contributed by atoms with Crippen molar-refractivity contribution in [1.29, 1.82) is 0 Å². The standard InChI is InChI=1S/C12H13N3O2S2/c1-2-17-12(16)11-13-10(14-15-11)9-5-7-6-18-4-3-8(7)19-9/h5H,2-4,6H2,1H3,(H,13,14,15). The van der Waals surface area contributed by atoms with Crippen molar-refractivity contribution < 1.29 is 9.53 Å². The second-order valence-corrected chi connectivity index (χ2v) is 6.33. The summed E-state index contributed by atoms with van der Waals surface area (Å²) in [5.74, 6) is 2.49. The van der Waals surface area contributed by atoms with Crippen molar-refractivity contribution in [2.24, 2.45) is 0 Å². The van der Waals surface area contributed by atoms with E-state index in [0.717, 1.165) is 17.1 Å². The number of fused-ring (bicyclic) bond motifs is 1. The number of thioether (sulfide) groups is 1. The zero-order valence-corrected chi connectivity index (χ0v) is 12.1. The Morgan fingerprint density at radius 3 is 3.26 bits per heavy atom. The van der Waals surface area contributed by atoms with Crippen LogP contribution in [0.4, 0.5) is 0 Å². The normalized spacial score (nSPS) is 14.2. The second-order valence-electron chi connectivity index (χ2n) is 4.09. The van der Waals surface area contributed by atoms with Gasteiger partial charge < -0.3 is 4.74 Å². The van der Waals surface area contributed by atoms with Gasteiger partial charge >= 0.3 is 5.97 Å². The Bertz CT molecular complexity index is 582.